The molecule has 0 aliphatic heterocycles. The molecule has 5 nitrogen and oxygen atoms in total. The van der Waals surface area contributed by atoms with Crippen LogP contribution in [0.25, 0.3) is 0 Å². The lowest BCUT2D eigenvalue weighted by Crippen LogP contribution is -2.29. The van der Waals surface area contributed by atoms with E-state index < -0.39 is 10.0 Å². The summed E-state index contributed by atoms with van der Waals surface area (Å²) in [5.41, 5.74) is 0.890. The molecule has 1 N–H and O–H groups in total. The summed E-state index contributed by atoms with van der Waals surface area (Å²) < 4.78 is 32.3. The van der Waals surface area contributed by atoms with Crippen molar-refractivity contribution in [2.45, 2.75) is 24.2 Å². The van der Waals surface area contributed by atoms with Crippen molar-refractivity contribution in [3.63, 3.8) is 0 Å². The van der Waals surface area contributed by atoms with E-state index in [-0.39, 0.29) is 29.7 Å². The fourth-order valence-corrected chi connectivity index (χ4v) is 3.45. The normalized spacial score (nSPS) is 12.5. The van der Waals surface area contributed by atoms with Gasteiger partial charge < -0.3 is 4.74 Å². The number of rotatable bonds is 8. The number of nitrogens with one attached hydrogen (secondary N) is 1. The lowest BCUT2D eigenvalue weighted by atomic mass is 9.96. The van der Waals surface area contributed by atoms with Gasteiger partial charge in [-0.15, -0.1) is 0 Å². The van der Waals surface area contributed by atoms with Crippen molar-refractivity contribution in [2.75, 3.05) is 13.2 Å². The van der Waals surface area contributed by atoms with Crippen molar-refractivity contribution in [1.29, 1.82) is 0 Å². The summed E-state index contributed by atoms with van der Waals surface area (Å²) in [6.45, 7) is 2.17. The summed E-state index contributed by atoms with van der Waals surface area (Å²) in [7, 11) is -3.61. The zero-order valence-corrected chi connectivity index (χ0v) is 14.3. The molecule has 128 valence electrons. The average Bonchev–Trinajstić information content (AvgIpc) is 2.60. The fraction of sp³-hybridized carbons (Fsp3) is 0.278. The summed E-state index contributed by atoms with van der Waals surface area (Å²) in [6, 6.07) is 17.5. The Hall–Kier alpha value is -2.18. The second-order valence-electron chi connectivity index (χ2n) is 5.28. The summed E-state index contributed by atoms with van der Waals surface area (Å²) in [5.74, 6) is -0.631. The first-order chi connectivity index (χ1) is 11.5. The lowest BCUT2D eigenvalue weighted by Gasteiger charge is -2.17. The molecule has 0 aliphatic rings. The molecule has 0 aromatic heterocycles. The topological polar surface area (TPSA) is 72.5 Å². The maximum Gasteiger partial charge on any atom is 0.306 e. The summed E-state index contributed by atoms with van der Waals surface area (Å²) in [5, 5.41) is 0. The van der Waals surface area contributed by atoms with Crippen LogP contribution in [0.1, 0.15) is 24.8 Å². The van der Waals surface area contributed by atoms with Crippen LogP contribution in [0.4, 0.5) is 0 Å². The highest BCUT2D eigenvalue weighted by Crippen LogP contribution is 2.20. The van der Waals surface area contributed by atoms with E-state index >= 15 is 0 Å². The summed E-state index contributed by atoms with van der Waals surface area (Å²) >= 11 is 0. The number of hydrogen-bond acceptors (Lipinski definition) is 4. The molecule has 0 heterocycles. The minimum Gasteiger partial charge on any atom is -0.466 e. The molecule has 6 heteroatoms. The second kappa shape index (κ2) is 8.61. The standard InChI is InChI=1S/C18H21NO4S/c1-2-23-18(20)13-16(15-9-5-3-6-10-15)14-19-24(21,22)17-11-7-4-8-12-17/h3-12,16,19H,2,13-14H2,1H3. The van der Waals surface area contributed by atoms with E-state index in [0.29, 0.717) is 6.61 Å². The zero-order valence-electron chi connectivity index (χ0n) is 13.5. The monoisotopic (exact) mass is 347 g/mol. The molecular weight excluding hydrogens is 326 g/mol. The summed E-state index contributed by atoms with van der Waals surface area (Å²) in [6.07, 6.45) is 0.120. The Bertz CT molecular complexity index is 745. The molecule has 0 saturated carbocycles. The van der Waals surface area contributed by atoms with E-state index in [1.165, 1.54) is 12.1 Å². The Morgan fingerprint density at radius 2 is 1.62 bits per heavy atom. The molecule has 24 heavy (non-hydrogen) atoms. The maximum absolute atomic E-state index is 12.4. The van der Waals surface area contributed by atoms with E-state index in [9.17, 15) is 13.2 Å². The predicted octanol–water partition coefficient (Wildman–Crippen LogP) is 2.70. The van der Waals surface area contributed by atoms with Gasteiger partial charge in [0.15, 0.2) is 0 Å². The van der Waals surface area contributed by atoms with Crippen LogP contribution in [0.5, 0.6) is 0 Å². The molecule has 1 atom stereocenters. The highest BCUT2D eigenvalue weighted by Gasteiger charge is 2.21. The number of carbonyl (C=O) groups excluding carboxylic acids is 1. The lowest BCUT2D eigenvalue weighted by molar-refractivity contribution is -0.143. The molecular formula is C18H21NO4S. The minimum absolute atomic E-state index is 0.120. The molecule has 0 saturated heterocycles. The van der Waals surface area contributed by atoms with Gasteiger partial charge in [-0.3, -0.25) is 4.79 Å². The summed E-state index contributed by atoms with van der Waals surface area (Å²) in [4.78, 5) is 12.0. The highest BCUT2D eigenvalue weighted by atomic mass is 32.2. The zero-order chi connectivity index (χ0) is 17.4. The maximum atomic E-state index is 12.4. The van der Waals surface area contributed by atoms with Gasteiger partial charge in [-0.1, -0.05) is 48.5 Å². The first-order valence-electron chi connectivity index (χ1n) is 7.78. The Balaban J connectivity index is 2.12. The van der Waals surface area contributed by atoms with Gasteiger partial charge >= 0.3 is 5.97 Å². The van der Waals surface area contributed by atoms with E-state index in [4.69, 9.17) is 4.74 Å². The molecule has 0 spiro atoms. The van der Waals surface area contributed by atoms with Gasteiger partial charge in [-0.25, -0.2) is 13.1 Å². The van der Waals surface area contributed by atoms with Gasteiger partial charge in [-0.05, 0) is 24.6 Å². The third-order valence-electron chi connectivity index (χ3n) is 3.56. The van der Waals surface area contributed by atoms with Gasteiger partial charge in [0.25, 0.3) is 0 Å². The Morgan fingerprint density at radius 1 is 1.04 bits per heavy atom. The first-order valence-corrected chi connectivity index (χ1v) is 9.26. The van der Waals surface area contributed by atoms with Crippen molar-refractivity contribution >= 4 is 16.0 Å². The number of benzene rings is 2. The van der Waals surface area contributed by atoms with Crippen LogP contribution in [-0.4, -0.2) is 27.5 Å². The van der Waals surface area contributed by atoms with Crippen LogP contribution in [-0.2, 0) is 19.6 Å². The number of carbonyl (C=O) groups is 1. The van der Waals surface area contributed by atoms with Crippen molar-refractivity contribution in [3.8, 4) is 0 Å². The van der Waals surface area contributed by atoms with Crippen LogP contribution in [0.3, 0.4) is 0 Å². The molecule has 0 aliphatic carbocycles. The van der Waals surface area contributed by atoms with Gasteiger partial charge in [0.2, 0.25) is 10.0 Å². The number of esters is 1. The van der Waals surface area contributed by atoms with Gasteiger partial charge in [-0.2, -0.15) is 0 Å². The number of ether oxygens (including phenoxy) is 1. The van der Waals surface area contributed by atoms with Gasteiger partial charge in [0.1, 0.15) is 0 Å². The SMILES string of the molecule is CCOC(=O)CC(CNS(=O)(=O)c1ccccc1)c1ccccc1. The third kappa shape index (κ3) is 5.18. The minimum atomic E-state index is -3.61. The quantitative estimate of drug-likeness (QED) is 0.745. The van der Waals surface area contributed by atoms with Crippen LogP contribution in [0, 0.1) is 0 Å². The first kappa shape index (κ1) is 18.2. The molecule has 0 radical (unpaired) electrons. The van der Waals surface area contributed by atoms with Crippen molar-refractivity contribution in [2.24, 2.45) is 0 Å². The Morgan fingerprint density at radius 3 is 2.21 bits per heavy atom. The Labute approximate surface area is 142 Å². The predicted molar refractivity (Wildman–Crippen MR) is 92.1 cm³/mol. The van der Waals surface area contributed by atoms with Crippen molar-refractivity contribution in [1.82, 2.24) is 4.72 Å². The van der Waals surface area contributed by atoms with Crippen LogP contribution >= 0.6 is 0 Å². The van der Waals surface area contributed by atoms with E-state index in [1.54, 1.807) is 25.1 Å². The molecule has 0 amide bonds. The van der Waals surface area contributed by atoms with Crippen molar-refractivity contribution < 1.29 is 17.9 Å². The second-order valence-corrected chi connectivity index (χ2v) is 7.05. The van der Waals surface area contributed by atoms with Crippen LogP contribution < -0.4 is 4.72 Å². The number of sulfonamides is 1. The smallest absolute Gasteiger partial charge is 0.306 e. The van der Waals surface area contributed by atoms with E-state index in [0.717, 1.165) is 5.56 Å². The van der Waals surface area contributed by atoms with E-state index in [1.807, 2.05) is 30.3 Å². The fourth-order valence-electron chi connectivity index (χ4n) is 2.35. The van der Waals surface area contributed by atoms with Gasteiger partial charge in [0.05, 0.1) is 17.9 Å². The van der Waals surface area contributed by atoms with Gasteiger partial charge in [0, 0.05) is 12.5 Å². The Kier molecular flexibility index (Phi) is 6.52. The van der Waals surface area contributed by atoms with E-state index in [2.05, 4.69) is 4.72 Å². The largest absolute Gasteiger partial charge is 0.466 e. The molecule has 2 aromatic carbocycles. The molecule has 1 unspecified atom stereocenters. The highest BCUT2D eigenvalue weighted by molar-refractivity contribution is 7.89. The van der Waals surface area contributed by atoms with Crippen LogP contribution in [0.15, 0.2) is 65.6 Å². The number of hydrogen-bond donors (Lipinski definition) is 1. The van der Waals surface area contributed by atoms with Crippen LogP contribution in [0.2, 0.25) is 0 Å². The molecule has 0 fully saturated rings. The van der Waals surface area contributed by atoms with Crippen molar-refractivity contribution in [3.05, 3.63) is 66.2 Å². The molecule has 0 bridgehead atoms. The third-order valence-corrected chi connectivity index (χ3v) is 5.00. The molecule has 2 rings (SSSR count). The molecule has 2 aromatic rings. The average molecular weight is 347 g/mol.